The van der Waals surface area contributed by atoms with E-state index in [1.807, 2.05) is 0 Å². The maximum Gasteiger partial charge on any atom is 0.406 e. The summed E-state index contributed by atoms with van der Waals surface area (Å²) in [5, 5.41) is 13.5. The van der Waals surface area contributed by atoms with Crippen LogP contribution in [-0.2, 0) is 4.79 Å². The summed E-state index contributed by atoms with van der Waals surface area (Å²) in [5.41, 5.74) is 1.02. The number of ether oxygens (including phenoxy) is 1. The van der Waals surface area contributed by atoms with E-state index in [2.05, 4.69) is 10.3 Å². The Morgan fingerprint density at radius 3 is 2.50 bits per heavy atom. The Morgan fingerprint density at radius 2 is 1.92 bits per heavy atom. The molecule has 0 saturated carbocycles. The second-order valence-corrected chi connectivity index (χ2v) is 4.97. The van der Waals surface area contributed by atoms with E-state index in [0.717, 1.165) is 0 Å². The molecule has 0 fully saturated rings. The molecule has 8 nitrogen and oxygen atoms in total. The second-order valence-electron chi connectivity index (χ2n) is 4.97. The van der Waals surface area contributed by atoms with Gasteiger partial charge in [-0.05, 0) is 60.2 Å². The first-order valence-electron chi connectivity index (χ1n) is 7.06. The Bertz CT molecular complexity index is 774. The normalized spacial score (nSPS) is 11.4. The Hall–Kier alpha value is -3.29. The number of rotatable bonds is 6. The van der Waals surface area contributed by atoms with E-state index in [-0.39, 0.29) is 11.5 Å². The Labute approximate surface area is 137 Å². The topological polar surface area (TPSA) is 111 Å². The van der Waals surface area contributed by atoms with Crippen molar-refractivity contribution in [2.45, 2.75) is 20.0 Å². The molecule has 2 rings (SSSR count). The van der Waals surface area contributed by atoms with Gasteiger partial charge in [0.15, 0.2) is 11.9 Å². The smallest absolute Gasteiger partial charge is 0.406 e. The first-order chi connectivity index (χ1) is 11.4. The van der Waals surface area contributed by atoms with Gasteiger partial charge in [0.2, 0.25) is 5.75 Å². The van der Waals surface area contributed by atoms with Crippen LogP contribution >= 0.6 is 0 Å². The molecule has 1 N–H and O–H groups in total. The van der Waals surface area contributed by atoms with Crippen molar-refractivity contribution in [2.24, 2.45) is 0 Å². The van der Waals surface area contributed by atoms with Gasteiger partial charge in [0.1, 0.15) is 6.20 Å². The molecule has 0 bridgehead atoms. The van der Waals surface area contributed by atoms with Crippen molar-refractivity contribution < 1.29 is 19.2 Å². The monoisotopic (exact) mass is 329 g/mol. The van der Waals surface area contributed by atoms with Gasteiger partial charge in [-0.25, -0.2) is 0 Å². The SMILES string of the molecule is CC(=O)c1ccc(NC(=O)[C@H](C)Oc2cccnc2[N+](=O)[O-])cc1. The van der Waals surface area contributed by atoms with Crippen molar-refractivity contribution in [2.75, 3.05) is 5.32 Å². The molecule has 0 radical (unpaired) electrons. The third-order valence-electron chi connectivity index (χ3n) is 3.16. The van der Waals surface area contributed by atoms with E-state index in [4.69, 9.17) is 4.74 Å². The fraction of sp³-hybridized carbons (Fsp3) is 0.188. The van der Waals surface area contributed by atoms with Crippen LogP contribution in [0, 0.1) is 10.1 Å². The van der Waals surface area contributed by atoms with Crippen LogP contribution in [0.5, 0.6) is 5.75 Å². The summed E-state index contributed by atoms with van der Waals surface area (Å²) in [6, 6.07) is 9.22. The number of hydrogen-bond acceptors (Lipinski definition) is 6. The third kappa shape index (κ3) is 4.13. The lowest BCUT2D eigenvalue weighted by atomic mass is 10.1. The molecule has 124 valence electrons. The van der Waals surface area contributed by atoms with Crippen LogP contribution in [0.2, 0.25) is 0 Å². The van der Waals surface area contributed by atoms with Gasteiger partial charge >= 0.3 is 5.82 Å². The first kappa shape index (κ1) is 17.1. The molecule has 0 unspecified atom stereocenters. The molecule has 1 aromatic carbocycles. The highest BCUT2D eigenvalue weighted by Gasteiger charge is 2.21. The number of nitro groups is 1. The number of carbonyl (C=O) groups excluding carboxylic acids is 2. The number of hydrogen-bond donors (Lipinski definition) is 1. The summed E-state index contributed by atoms with van der Waals surface area (Å²) in [6.07, 6.45) is 0.298. The number of ketones is 1. The molecule has 0 saturated heterocycles. The van der Waals surface area contributed by atoms with Gasteiger partial charge in [-0.1, -0.05) is 0 Å². The molecule has 24 heavy (non-hydrogen) atoms. The number of benzene rings is 1. The highest BCUT2D eigenvalue weighted by Crippen LogP contribution is 2.24. The van der Waals surface area contributed by atoms with Crippen LogP contribution in [0.15, 0.2) is 42.6 Å². The predicted molar refractivity (Wildman–Crippen MR) is 86.1 cm³/mol. The van der Waals surface area contributed by atoms with Crippen LogP contribution in [0.25, 0.3) is 0 Å². The van der Waals surface area contributed by atoms with E-state index in [1.54, 1.807) is 24.3 Å². The van der Waals surface area contributed by atoms with Gasteiger partial charge in [0.25, 0.3) is 5.91 Å². The molecule has 0 spiro atoms. The molecule has 2 aromatic rings. The van der Waals surface area contributed by atoms with Crippen molar-refractivity contribution in [1.29, 1.82) is 0 Å². The Balaban J connectivity index is 2.05. The molecule has 0 aliphatic carbocycles. The summed E-state index contributed by atoms with van der Waals surface area (Å²) in [6.45, 7) is 2.92. The van der Waals surface area contributed by atoms with E-state index < -0.39 is 22.8 Å². The molecule has 1 atom stereocenters. The maximum absolute atomic E-state index is 12.1. The van der Waals surface area contributed by atoms with Crippen LogP contribution in [-0.4, -0.2) is 27.7 Å². The van der Waals surface area contributed by atoms with Crippen molar-refractivity contribution in [3.05, 3.63) is 58.3 Å². The minimum atomic E-state index is -0.972. The highest BCUT2D eigenvalue weighted by molar-refractivity contribution is 5.96. The van der Waals surface area contributed by atoms with Gasteiger partial charge in [-0.3, -0.25) is 9.59 Å². The number of pyridine rings is 1. The molecule has 8 heteroatoms. The van der Waals surface area contributed by atoms with Gasteiger partial charge in [0.05, 0.1) is 0 Å². The fourth-order valence-corrected chi connectivity index (χ4v) is 1.89. The number of carbonyl (C=O) groups is 2. The third-order valence-corrected chi connectivity index (χ3v) is 3.16. The number of aromatic nitrogens is 1. The number of nitrogens with one attached hydrogen (secondary N) is 1. The Kier molecular flexibility index (Phi) is 5.20. The quantitative estimate of drug-likeness (QED) is 0.495. The van der Waals surface area contributed by atoms with Gasteiger partial charge < -0.3 is 20.2 Å². The van der Waals surface area contributed by atoms with Crippen molar-refractivity contribution in [3.63, 3.8) is 0 Å². The van der Waals surface area contributed by atoms with Crippen molar-refractivity contribution in [1.82, 2.24) is 4.98 Å². The summed E-state index contributed by atoms with van der Waals surface area (Å²) < 4.78 is 5.33. The summed E-state index contributed by atoms with van der Waals surface area (Å²) >= 11 is 0. The van der Waals surface area contributed by atoms with E-state index in [9.17, 15) is 19.7 Å². The van der Waals surface area contributed by atoms with E-state index >= 15 is 0 Å². The molecular weight excluding hydrogens is 314 g/mol. The molecule has 0 aliphatic heterocycles. The van der Waals surface area contributed by atoms with E-state index in [1.165, 1.54) is 32.2 Å². The molecular formula is C16H15N3O5. The van der Waals surface area contributed by atoms with Crippen LogP contribution in [0.1, 0.15) is 24.2 Å². The molecule has 1 heterocycles. The average Bonchev–Trinajstić information content (AvgIpc) is 2.55. The maximum atomic E-state index is 12.1. The van der Waals surface area contributed by atoms with E-state index in [0.29, 0.717) is 11.3 Å². The highest BCUT2D eigenvalue weighted by atomic mass is 16.6. The number of amides is 1. The van der Waals surface area contributed by atoms with Crippen molar-refractivity contribution in [3.8, 4) is 5.75 Å². The molecule has 1 aromatic heterocycles. The molecule has 0 aliphatic rings. The number of anilines is 1. The second kappa shape index (κ2) is 7.32. The lowest BCUT2D eigenvalue weighted by Gasteiger charge is -2.14. The zero-order chi connectivity index (χ0) is 17.7. The summed E-state index contributed by atoms with van der Waals surface area (Å²) in [5.74, 6) is -1.10. The minimum absolute atomic E-state index is 0.0755. The Morgan fingerprint density at radius 1 is 1.25 bits per heavy atom. The van der Waals surface area contributed by atoms with Crippen LogP contribution in [0.3, 0.4) is 0 Å². The fourth-order valence-electron chi connectivity index (χ4n) is 1.89. The summed E-state index contributed by atoms with van der Waals surface area (Å²) in [7, 11) is 0. The zero-order valence-electron chi connectivity index (χ0n) is 13.1. The lowest BCUT2D eigenvalue weighted by Crippen LogP contribution is -2.30. The van der Waals surface area contributed by atoms with Gasteiger partial charge in [-0.15, -0.1) is 0 Å². The molecule has 1 amide bonds. The van der Waals surface area contributed by atoms with Gasteiger partial charge in [-0.2, -0.15) is 0 Å². The first-order valence-corrected chi connectivity index (χ1v) is 7.06. The van der Waals surface area contributed by atoms with Crippen molar-refractivity contribution >= 4 is 23.2 Å². The standard InChI is InChI=1S/C16H15N3O5/c1-10(20)12-5-7-13(8-6-12)18-16(21)11(2)24-14-4-3-9-17-15(14)19(22)23/h3-9,11H,1-2H3,(H,18,21)/t11-/m0/s1. The lowest BCUT2D eigenvalue weighted by molar-refractivity contribution is -0.390. The van der Waals surface area contributed by atoms with Gasteiger partial charge in [0, 0.05) is 11.3 Å². The summed E-state index contributed by atoms with van der Waals surface area (Å²) in [4.78, 5) is 37.2. The zero-order valence-corrected chi connectivity index (χ0v) is 13.1. The predicted octanol–water partition coefficient (Wildman–Crippen LogP) is 2.60. The number of nitrogens with zero attached hydrogens (tertiary/aromatic N) is 2. The largest absolute Gasteiger partial charge is 0.473 e. The average molecular weight is 329 g/mol. The van der Waals surface area contributed by atoms with Crippen LogP contribution < -0.4 is 10.1 Å². The minimum Gasteiger partial charge on any atom is -0.473 e. The number of Topliss-reactive ketones (excluding diaryl/α,β-unsaturated/α-hetero) is 1. The van der Waals surface area contributed by atoms with Crippen LogP contribution in [0.4, 0.5) is 11.5 Å².